The van der Waals surface area contributed by atoms with E-state index in [4.69, 9.17) is 14.3 Å². The number of carbonyl (C=O) groups is 1. The Morgan fingerprint density at radius 1 is 1.23 bits per heavy atom. The summed E-state index contributed by atoms with van der Waals surface area (Å²) in [6.45, 7) is 1.28. The summed E-state index contributed by atoms with van der Waals surface area (Å²) in [6.07, 6.45) is 5.17. The third-order valence-corrected chi connectivity index (χ3v) is 5.35. The van der Waals surface area contributed by atoms with Crippen molar-refractivity contribution in [1.29, 1.82) is 0 Å². The molecule has 1 aliphatic heterocycles. The molecule has 1 amide bonds. The smallest absolute Gasteiger partial charge is 0.250 e. The molecule has 1 aromatic heterocycles. The highest BCUT2D eigenvalue weighted by Crippen LogP contribution is 2.22. The first kappa shape index (κ1) is 20.5. The van der Waals surface area contributed by atoms with Crippen molar-refractivity contribution < 1.29 is 19.1 Å². The van der Waals surface area contributed by atoms with Crippen LogP contribution in [0.25, 0.3) is 16.7 Å². The largest absolute Gasteiger partial charge is 0.353 e. The third kappa shape index (κ3) is 4.70. The Hall–Kier alpha value is -2.74. The maximum absolute atomic E-state index is 12.2. The molecule has 1 atom stereocenters. The highest BCUT2D eigenvalue weighted by Gasteiger charge is 2.15. The zero-order chi connectivity index (χ0) is 20.9. The van der Waals surface area contributed by atoms with Crippen LogP contribution in [0.3, 0.4) is 0 Å². The Kier molecular flexibility index (Phi) is 6.42. The number of ether oxygens (including phenoxy) is 2. The van der Waals surface area contributed by atoms with Gasteiger partial charge >= 0.3 is 0 Å². The van der Waals surface area contributed by atoms with Gasteiger partial charge in [-0.1, -0.05) is 18.2 Å². The van der Waals surface area contributed by atoms with Gasteiger partial charge < -0.3 is 9.47 Å². The van der Waals surface area contributed by atoms with Crippen LogP contribution in [0.15, 0.2) is 48.8 Å². The van der Waals surface area contributed by atoms with Gasteiger partial charge in [0, 0.05) is 19.3 Å². The summed E-state index contributed by atoms with van der Waals surface area (Å²) in [4.78, 5) is 21.7. The van der Waals surface area contributed by atoms with E-state index in [9.17, 15) is 4.79 Å². The normalized spacial score (nSPS) is 16.7. The molecule has 7 nitrogen and oxygen atoms in total. The van der Waals surface area contributed by atoms with Gasteiger partial charge in [0.25, 0.3) is 0 Å². The predicted octanol–water partition coefficient (Wildman–Crippen LogP) is 3.63. The van der Waals surface area contributed by atoms with Crippen LogP contribution in [-0.4, -0.2) is 47.6 Å². The minimum Gasteiger partial charge on any atom is -0.353 e. The molecule has 0 bridgehead atoms. The van der Waals surface area contributed by atoms with E-state index in [-0.39, 0.29) is 18.6 Å². The molecule has 0 aliphatic carbocycles. The highest BCUT2D eigenvalue weighted by atomic mass is 16.7. The molecule has 1 saturated heterocycles. The Balaban J connectivity index is 1.53. The van der Waals surface area contributed by atoms with Gasteiger partial charge in [-0.3, -0.25) is 14.2 Å². The van der Waals surface area contributed by atoms with Crippen molar-refractivity contribution in [1.82, 2.24) is 14.6 Å². The zero-order valence-corrected chi connectivity index (χ0v) is 17.4. The summed E-state index contributed by atoms with van der Waals surface area (Å²) >= 11 is 0. The molecule has 158 valence electrons. The van der Waals surface area contributed by atoms with Gasteiger partial charge in [-0.05, 0) is 54.7 Å². The lowest BCUT2D eigenvalue weighted by Crippen LogP contribution is -2.26. The predicted molar refractivity (Wildman–Crippen MR) is 113 cm³/mol. The SMILES string of the molecule is CON(C)C(=O)Cc1ccc2ncn(-c3cccc(COC4CCCCO4)c3)c2c1. The second-order valence-corrected chi connectivity index (χ2v) is 7.47. The Morgan fingerprint density at radius 2 is 2.13 bits per heavy atom. The molecule has 2 heterocycles. The number of rotatable bonds is 7. The van der Waals surface area contributed by atoms with Crippen LogP contribution >= 0.6 is 0 Å². The van der Waals surface area contributed by atoms with Gasteiger partial charge in [0.2, 0.25) is 5.91 Å². The fourth-order valence-electron chi connectivity index (χ4n) is 3.58. The number of hydrogen-bond donors (Lipinski definition) is 0. The maximum atomic E-state index is 12.2. The average Bonchev–Trinajstić information content (AvgIpc) is 3.21. The second kappa shape index (κ2) is 9.38. The van der Waals surface area contributed by atoms with Gasteiger partial charge in [-0.15, -0.1) is 0 Å². The minimum absolute atomic E-state index is 0.105. The molecule has 2 aromatic carbocycles. The molecule has 0 spiro atoms. The summed E-state index contributed by atoms with van der Waals surface area (Å²) in [5, 5.41) is 1.24. The molecular weight excluding hydrogens is 382 g/mol. The van der Waals surface area contributed by atoms with Crippen molar-refractivity contribution in [2.24, 2.45) is 0 Å². The van der Waals surface area contributed by atoms with E-state index in [1.165, 1.54) is 12.2 Å². The van der Waals surface area contributed by atoms with Crippen LogP contribution in [0.4, 0.5) is 0 Å². The summed E-state index contributed by atoms with van der Waals surface area (Å²) in [6, 6.07) is 14.1. The molecule has 0 N–H and O–H groups in total. The first-order valence-corrected chi connectivity index (χ1v) is 10.2. The lowest BCUT2D eigenvalue weighted by Gasteiger charge is -2.22. The van der Waals surface area contributed by atoms with Crippen molar-refractivity contribution in [3.63, 3.8) is 0 Å². The molecule has 3 aromatic rings. The summed E-state index contributed by atoms with van der Waals surface area (Å²) in [5.41, 5.74) is 4.82. The monoisotopic (exact) mass is 409 g/mol. The van der Waals surface area contributed by atoms with Crippen molar-refractivity contribution in [3.05, 3.63) is 59.9 Å². The van der Waals surface area contributed by atoms with E-state index in [1.54, 1.807) is 7.05 Å². The number of fused-ring (bicyclic) bond motifs is 1. The molecule has 0 radical (unpaired) electrons. The summed E-state index contributed by atoms with van der Waals surface area (Å²) < 4.78 is 13.6. The quantitative estimate of drug-likeness (QED) is 0.558. The van der Waals surface area contributed by atoms with E-state index in [0.29, 0.717) is 6.61 Å². The van der Waals surface area contributed by atoms with Crippen LogP contribution in [0, 0.1) is 0 Å². The first-order valence-electron chi connectivity index (χ1n) is 10.2. The number of nitrogens with zero attached hydrogens (tertiary/aromatic N) is 3. The summed E-state index contributed by atoms with van der Waals surface area (Å²) in [7, 11) is 3.09. The lowest BCUT2D eigenvalue weighted by molar-refractivity contribution is -0.169. The number of hydroxylamine groups is 2. The number of aromatic nitrogens is 2. The highest BCUT2D eigenvalue weighted by molar-refractivity contribution is 5.82. The standard InChI is InChI=1S/C23H27N3O4/c1-25(28-2)22(27)14-17-9-10-20-21(13-17)26(16-24-20)19-7-5-6-18(12-19)15-30-23-8-3-4-11-29-23/h5-7,9-10,12-13,16,23H,3-4,8,11,14-15H2,1-2H3. The van der Waals surface area contributed by atoms with Gasteiger partial charge in [-0.25, -0.2) is 10.0 Å². The average molecular weight is 409 g/mol. The van der Waals surface area contributed by atoms with E-state index in [1.807, 2.05) is 41.2 Å². The van der Waals surface area contributed by atoms with E-state index < -0.39 is 0 Å². The molecule has 30 heavy (non-hydrogen) atoms. The zero-order valence-electron chi connectivity index (χ0n) is 17.4. The van der Waals surface area contributed by atoms with Gasteiger partial charge in [-0.2, -0.15) is 0 Å². The van der Waals surface area contributed by atoms with Gasteiger partial charge in [0.15, 0.2) is 6.29 Å². The Bertz CT molecular complexity index is 1010. The fraction of sp³-hybridized carbons (Fsp3) is 0.391. The molecule has 1 unspecified atom stereocenters. The topological polar surface area (TPSA) is 65.8 Å². The summed E-state index contributed by atoms with van der Waals surface area (Å²) in [5.74, 6) is -0.105. The Labute approximate surface area is 176 Å². The van der Waals surface area contributed by atoms with Crippen LogP contribution in [0.5, 0.6) is 0 Å². The number of benzene rings is 2. The van der Waals surface area contributed by atoms with Crippen LogP contribution in [0.1, 0.15) is 30.4 Å². The van der Waals surface area contributed by atoms with Crippen molar-refractivity contribution in [3.8, 4) is 5.69 Å². The van der Waals surface area contributed by atoms with Crippen molar-refractivity contribution in [2.45, 2.75) is 38.6 Å². The maximum Gasteiger partial charge on any atom is 0.250 e. The number of imidazole rings is 1. The van der Waals surface area contributed by atoms with Crippen molar-refractivity contribution >= 4 is 16.9 Å². The lowest BCUT2D eigenvalue weighted by atomic mass is 10.1. The van der Waals surface area contributed by atoms with Gasteiger partial charge in [0.1, 0.15) is 6.33 Å². The van der Waals surface area contributed by atoms with Gasteiger partial charge in [0.05, 0.1) is 31.2 Å². The number of hydrogen-bond acceptors (Lipinski definition) is 5. The molecule has 4 rings (SSSR count). The van der Waals surface area contributed by atoms with Crippen molar-refractivity contribution in [2.75, 3.05) is 20.8 Å². The van der Waals surface area contributed by atoms with E-state index in [2.05, 4.69) is 17.1 Å². The van der Waals surface area contributed by atoms with E-state index in [0.717, 1.165) is 53.7 Å². The fourth-order valence-corrected chi connectivity index (χ4v) is 3.58. The molecule has 7 heteroatoms. The van der Waals surface area contributed by atoms with Crippen LogP contribution in [0.2, 0.25) is 0 Å². The van der Waals surface area contributed by atoms with Crippen LogP contribution in [-0.2, 0) is 32.1 Å². The first-order chi connectivity index (χ1) is 14.6. The molecule has 1 fully saturated rings. The van der Waals surface area contributed by atoms with Crippen LogP contribution < -0.4 is 0 Å². The number of amides is 1. The second-order valence-electron chi connectivity index (χ2n) is 7.47. The minimum atomic E-state index is -0.109. The number of carbonyl (C=O) groups excluding carboxylic acids is 1. The third-order valence-electron chi connectivity index (χ3n) is 5.35. The Morgan fingerprint density at radius 3 is 2.93 bits per heavy atom. The number of likely N-dealkylation sites (N-methyl/N-ethyl adjacent to an activating group) is 1. The molecular formula is C23H27N3O4. The molecule has 0 saturated carbocycles. The van der Waals surface area contributed by atoms with E-state index >= 15 is 0 Å². The molecule has 1 aliphatic rings.